The summed E-state index contributed by atoms with van der Waals surface area (Å²) in [7, 11) is 0. The SMILES string of the molecule is Cc1ccc([C@@H](C)NC(=O)N2CCC[C@H](CO)C2)cc1[N+](=O)[O-]. The molecule has 0 aliphatic carbocycles. The van der Waals surface area contributed by atoms with E-state index in [-0.39, 0.29) is 30.3 Å². The summed E-state index contributed by atoms with van der Waals surface area (Å²) in [4.78, 5) is 24.6. The summed E-state index contributed by atoms with van der Waals surface area (Å²) in [5.41, 5.74) is 1.35. The molecule has 1 aliphatic heterocycles. The molecule has 0 spiro atoms. The van der Waals surface area contributed by atoms with Gasteiger partial charge in [-0.05, 0) is 38.2 Å². The van der Waals surface area contributed by atoms with Gasteiger partial charge in [0.1, 0.15) is 0 Å². The number of nitro benzene ring substituents is 1. The van der Waals surface area contributed by atoms with Gasteiger partial charge in [-0.15, -0.1) is 0 Å². The molecule has 0 unspecified atom stereocenters. The molecule has 23 heavy (non-hydrogen) atoms. The third kappa shape index (κ3) is 4.19. The highest BCUT2D eigenvalue weighted by Crippen LogP contribution is 2.23. The van der Waals surface area contributed by atoms with Crippen molar-refractivity contribution in [3.63, 3.8) is 0 Å². The fraction of sp³-hybridized carbons (Fsp3) is 0.562. The topological polar surface area (TPSA) is 95.7 Å². The number of piperidine rings is 1. The third-order valence-electron chi connectivity index (χ3n) is 4.33. The molecule has 2 atom stereocenters. The van der Waals surface area contributed by atoms with Crippen LogP contribution in [0.4, 0.5) is 10.5 Å². The molecular formula is C16H23N3O4. The van der Waals surface area contributed by atoms with Crippen LogP contribution in [-0.2, 0) is 0 Å². The van der Waals surface area contributed by atoms with Crippen molar-refractivity contribution >= 4 is 11.7 Å². The van der Waals surface area contributed by atoms with Gasteiger partial charge in [0.2, 0.25) is 0 Å². The standard InChI is InChI=1S/C16H23N3O4/c1-11-5-6-14(8-15(11)19(22)23)12(2)17-16(21)18-7-3-4-13(9-18)10-20/h5-6,8,12-13,20H,3-4,7,9-10H2,1-2H3,(H,17,21)/t12-,13+/m1/s1. The van der Waals surface area contributed by atoms with Crippen LogP contribution in [0.15, 0.2) is 18.2 Å². The minimum absolute atomic E-state index is 0.0573. The van der Waals surface area contributed by atoms with Crippen molar-refractivity contribution in [2.75, 3.05) is 19.7 Å². The van der Waals surface area contributed by atoms with Gasteiger partial charge in [-0.2, -0.15) is 0 Å². The predicted molar refractivity (Wildman–Crippen MR) is 86.2 cm³/mol. The Hall–Kier alpha value is -2.15. The summed E-state index contributed by atoms with van der Waals surface area (Å²) in [5.74, 6) is 0.130. The van der Waals surface area contributed by atoms with Gasteiger partial charge in [0.15, 0.2) is 0 Å². The fourth-order valence-electron chi connectivity index (χ4n) is 2.85. The van der Waals surface area contributed by atoms with Crippen LogP contribution in [-0.4, -0.2) is 40.7 Å². The Morgan fingerprint density at radius 2 is 2.30 bits per heavy atom. The number of aryl methyl sites for hydroxylation is 1. The molecule has 0 radical (unpaired) electrons. The van der Waals surface area contributed by atoms with E-state index in [1.54, 1.807) is 30.9 Å². The summed E-state index contributed by atoms with van der Waals surface area (Å²) in [6.45, 7) is 4.80. The van der Waals surface area contributed by atoms with Gasteiger partial charge in [-0.3, -0.25) is 10.1 Å². The Bertz CT molecular complexity index is 591. The molecule has 1 saturated heterocycles. The molecule has 1 heterocycles. The number of benzene rings is 1. The number of aliphatic hydroxyl groups is 1. The average Bonchev–Trinajstić information content (AvgIpc) is 2.54. The second-order valence-electron chi connectivity index (χ2n) is 6.11. The summed E-state index contributed by atoms with van der Waals surface area (Å²) < 4.78 is 0. The number of hydrogen-bond donors (Lipinski definition) is 2. The molecule has 7 heteroatoms. The molecule has 1 fully saturated rings. The number of carbonyl (C=O) groups excluding carboxylic acids is 1. The van der Waals surface area contributed by atoms with Crippen molar-refractivity contribution in [2.24, 2.45) is 5.92 Å². The molecular weight excluding hydrogens is 298 g/mol. The quantitative estimate of drug-likeness (QED) is 0.657. The van der Waals surface area contributed by atoms with E-state index in [9.17, 15) is 20.0 Å². The maximum atomic E-state index is 12.3. The van der Waals surface area contributed by atoms with E-state index in [0.717, 1.165) is 12.8 Å². The monoisotopic (exact) mass is 321 g/mol. The molecule has 126 valence electrons. The van der Waals surface area contributed by atoms with Gasteiger partial charge < -0.3 is 15.3 Å². The Balaban J connectivity index is 2.03. The van der Waals surface area contributed by atoms with Crippen molar-refractivity contribution in [3.8, 4) is 0 Å². The lowest BCUT2D eigenvalue weighted by molar-refractivity contribution is -0.385. The van der Waals surface area contributed by atoms with Crippen LogP contribution in [0, 0.1) is 23.0 Å². The van der Waals surface area contributed by atoms with E-state index in [2.05, 4.69) is 5.32 Å². The van der Waals surface area contributed by atoms with Crippen molar-refractivity contribution in [1.29, 1.82) is 0 Å². The Morgan fingerprint density at radius 1 is 1.57 bits per heavy atom. The van der Waals surface area contributed by atoms with Crippen molar-refractivity contribution in [2.45, 2.75) is 32.7 Å². The first-order chi connectivity index (χ1) is 10.9. The number of aliphatic hydroxyl groups excluding tert-OH is 1. The van der Waals surface area contributed by atoms with Crippen LogP contribution in [0.25, 0.3) is 0 Å². The average molecular weight is 321 g/mol. The van der Waals surface area contributed by atoms with Gasteiger partial charge in [-0.25, -0.2) is 4.79 Å². The highest BCUT2D eigenvalue weighted by atomic mass is 16.6. The molecule has 0 bridgehead atoms. The number of hydrogen-bond acceptors (Lipinski definition) is 4. The number of nitro groups is 1. The van der Waals surface area contributed by atoms with E-state index in [1.165, 1.54) is 6.07 Å². The minimum Gasteiger partial charge on any atom is -0.396 e. The lowest BCUT2D eigenvalue weighted by Crippen LogP contribution is -2.46. The first-order valence-corrected chi connectivity index (χ1v) is 7.83. The Kier molecular flexibility index (Phi) is 5.54. The highest BCUT2D eigenvalue weighted by molar-refractivity contribution is 5.74. The number of nitrogens with one attached hydrogen (secondary N) is 1. The number of urea groups is 1. The summed E-state index contributed by atoms with van der Waals surface area (Å²) >= 11 is 0. The van der Waals surface area contributed by atoms with Crippen LogP contribution in [0.2, 0.25) is 0 Å². The largest absolute Gasteiger partial charge is 0.396 e. The zero-order chi connectivity index (χ0) is 17.0. The molecule has 1 aromatic carbocycles. The van der Waals surface area contributed by atoms with Crippen LogP contribution in [0.3, 0.4) is 0 Å². The van der Waals surface area contributed by atoms with Gasteiger partial charge >= 0.3 is 6.03 Å². The summed E-state index contributed by atoms with van der Waals surface area (Å²) in [6, 6.07) is 4.47. The highest BCUT2D eigenvalue weighted by Gasteiger charge is 2.24. The molecule has 2 N–H and O–H groups in total. The number of amides is 2. The van der Waals surface area contributed by atoms with Crippen LogP contribution in [0.1, 0.15) is 36.9 Å². The molecule has 0 aromatic heterocycles. The Morgan fingerprint density at radius 3 is 2.96 bits per heavy atom. The zero-order valence-electron chi connectivity index (χ0n) is 13.5. The number of carbonyl (C=O) groups is 1. The lowest BCUT2D eigenvalue weighted by Gasteiger charge is -2.32. The van der Waals surface area contributed by atoms with Crippen LogP contribution < -0.4 is 5.32 Å². The number of rotatable bonds is 4. The summed E-state index contributed by atoms with van der Waals surface area (Å²) in [6.07, 6.45) is 1.81. The first-order valence-electron chi connectivity index (χ1n) is 7.83. The van der Waals surface area contributed by atoms with E-state index < -0.39 is 4.92 Å². The maximum Gasteiger partial charge on any atom is 0.317 e. The van der Waals surface area contributed by atoms with Gasteiger partial charge in [0.05, 0.1) is 11.0 Å². The van der Waals surface area contributed by atoms with Crippen molar-refractivity contribution in [1.82, 2.24) is 10.2 Å². The third-order valence-corrected chi connectivity index (χ3v) is 4.33. The first kappa shape index (κ1) is 17.2. The van der Waals surface area contributed by atoms with Gasteiger partial charge in [0.25, 0.3) is 5.69 Å². The van der Waals surface area contributed by atoms with E-state index in [1.807, 2.05) is 0 Å². The Labute approximate surface area is 135 Å². The molecule has 7 nitrogen and oxygen atoms in total. The molecule has 0 saturated carbocycles. The lowest BCUT2D eigenvalue weighted by atomic mass is 9.99. The smallest absolute Gasteiger partial charge is 0.317 e. The second-order valence-corrected chi connectivity index (χ2v) is 6.11. The molecule has 2 rings (SSSR count). The van der Waals surface area contributed by atoms with Crippen LogP contribution >= 0.6 is 0 Å². The number of nitrogens with zero attached hydrogens (tertiary/aromatic N) is 2. The summed E-state index contributed by atoms with van der Waals surface area (Å²) in [5, 5.41) is 23.1. The van der Waals surface area contributed by atoms with Gasteiger partial charge in [0, 0.05) is 31.3 Å². The van der Waals surface area contributed by atoms with Crippen molar-refractivity contribution < 1.29 is 14.8 Å². The van der Waals surface area contributed by atoms with E-state index in [4.69, 9.17) is 0 Å². The molecule has 1 aliphatic rings. The van der Waals surface area contributed by atoms with Crippen molar-refractivity contribution in [3.05, 3.63) is 39.4 Å². The minimum atomic E-state index is -0.413. The normalized spacial score (nSPS) is 19.3. The second kappa shape index (κ2) is 7.41. The number of likely N-dealkylation sites (tertiary alicyclic amines) is 1. The fourth-order valence-corrected chi connectivity index (χ4v) is 2.85. The molecule has 2 amide bonds. The predicted octanol–water partition coefficient (Wildman–Crippen LogP) is 2.38. The van der Waals surface area contributed by atoms with E-state index in [0.29, 0.717) is 24.2 Å². The maximum absolute atomic E-state index is 12.3. The van der Waals surface area contributed by atoms with E-state index >= 15 is 0 Å². The van der Waals surface area contributed by atoms with Gasteiger partial charge in [-0.1, -0.05) is 12.1 Å². The zero-order valence-corrected chi connectivity index (χ0v) is 13.5. The van der Waals surface area contributed by atoms with Crippen LogP contribution in [0.5, 0.6) is 0 Å². The molecule has 1 aromatic rings.